The van der Waals surface area contributed by atoms with Crippen molar-refractivity contribution in [2.24, 2.45) is 0 Å². The van der Waals surface area contributed by atoms with Gasteiger partial charge in [0.05, 0.1) is 23.8 Å². The Hall–Kier alpha value is -4.51. The molecule has 0 fully saturated rings. The van der Waals surface area contributed by atoms with Crippen molar-refractivity contribution < 1.29 is 13.9 Å². The Kier molecular flexibility index (Phi) is 7.89. The fourth-order valence-electron chi connectivity index (χ4n) is 5.25. The molecule has 2 aromatic heterocycles. The van der Waals surface area contributed by atoms with Gasteiger partial charge in [-0.1, -0.05) is 6.58 Å². The third-order valence-corrected chi connectivity index (χ3v) is 7.30. The first-order chi connectivity index (χ1) is 19.7. The Balaban J connectivity index is 1.55. The van der Waals surface area contributed by atoms with Crippen molar-refractivity contribution in [2.45, 2.75) is 25.8 Å². The molecule has 2 aromatic carbocycles. The number of hydrogen-bond acceptors (Lipinski definition) is 8. The van der Waals surface area contributed by atoms with Crippen LogP contribution in [0.2, 0.25) is 0 Å². The second kappa shape index (κ2) is 11.5. The van der Waals surface area contributed by atoms with E-state index in [4.69, 9.17) is 4.74 Å². The molecule has 0 spiro atoms. The number of allylic oxidation sites excluding steroid dienone is 1. The van der Waals surface area contributed by atoms with Crippen LogP contribution in [0.4, 0.5) is 21.7 Å². The highest BCUT2D eigenvalue weighted by Crippen LogP contribution is 2.35. The molecule has 11 heteroatoms. The zero-order chi connectivity index (χ0) is 29.3. The van der Waals surface area contributed by atoms with E-state index in [0.717, 1.165) is 41.8 Å². The maximum Gasteiger partial charge on any atom is 0.334 e. The average molecular weight is 560 g/mol. The van der Waals surface area contributed by atoms with Crippen LogP contribution >= 0.6 is 0 Å². The Morgan fingerprint density at radius 2 is 2.02 bits per heavy atom. The lowest BCUT2D eigenvalue weighted by Gasteiger charge is -2.25. The summed E-state index contributed by atoms with van der Waals surface area (Å²) < 4.78 is 23.3. The molecule has 0 radical (unpaired) electrons. The van der Waals surface area contributed by atoms with Crippen molar-refractivity contribution in [2.75, 3.05) is 51.6 Å². The van der Waals surface area contributed by atoms with E-state index < -0.39 is 5.82 Å². The molecule has 1 N–H and O–H groups in total. The van der Waals surface area contributed by atoms with Gasteiger partial charge in [0.25, 0.3) is 0 Å². The van der Waals surface area contributed by atoms with Gasteiger partial charge in [-0.3, -0.25) is 9.36 Å². The molecule has 0 atom stereocenters. The number of carbonyl (C=O) groups is 1. The van der Waals surface area contributed by atoms with Gasteiger partial charge in [0.2, 0.25) is 5.95 Å². The zero-order valence-corrected chi connectivity index (χ0v) is 23.8. The summed E-state index contributed by atoms with van der Waals surface area (Å²) in [5.74, 6) is 0.563. The van der Waals surface area contributed by atoms with Crippen LogP contribution in [0.15, 0.2) is 54.0 Å². The first kappa shape index (κ1) is 28.0. The smallest absolute Gasteiger partial charge is 0.334 e. The number of anilines is 3. The molecule has 5 rings (SSSR count). The number of nitrogens with zero attached hydrogens (tertiary/aromatic N) is 6. The van der Waals surface area contributed by atoms with E-state index in [1.54, 1.807) is 17.7 Å². The Labute approximate surface area is 237 Å². The monoisotopic (exact) mass is 559 g/mol. The van der Waals surface area contributed by atoms with Gasteiger partial charge < -0.3 is 19.9 Å². The highest BCUT2D eigenvalue weighted by atomic mass is 19.1. The first-order valence-corrected chi connectivity index (χ1v) is 13.5. The van der Waals surface area contributed by atoms with Crippen LogP contribution in [0.5, 0.6) is 5.75 Å². The first-order valence-electron chi connectivity index (χ1n) is 13.5. The lowest BCUT2D eigenvalue weighted by Crippen LogP contribution is -2.29. The van der Waals surface area contributed by atoms with Crippen molar-refractivity contribution in [3.8, 4) is 11.6 Å². The van der Waals surface area contributed by atoms with Gasteiger partial charge in [-0.05, 0) is 56.3 Å². The van der Waals surface area contributed by atoms with Crippen LogP contribution in [-0.2, 0) is 24.2 Å². The van der Waals surface area contributed by atoms with Crippen LogP contribution in [0.3, 0.4) is 0 Å². The molecular formula is C30H34FN7O3. The van der Waals surface area contributed by atoms with Gasteiger partial charge in [-0.25, -0.2) is 18.7 Å². The molecular weight excluding hydrogens is 525 g/mol. The number of aromatic nitrogens is 4. The van der Waals surface area contributed by atoms with E-state index in [9.17, 15) is 14.0 Å². The molecule has 214 valence electrons. The SMILES string of the molecule is C=CC(=O)Cc1cc(Nc2nccc(-n3c(=O)n4c5c(cc(F)cc53)CCC4)n2)c(OC)cc1N(C)CCN(C)C. The fraction of sp³-hybridized carbons (Fsp3) is 0.333. The number of benzene rings is 2. The predicted molar refractivity (Wildman–Crippen MR) is 158 cm³/mol. The number of nitrogens with one attached hydrogen (secondary N) is 1. The van der Waals surface area contributed by atoms with Crippen molar-refractivity contribution in [1.29, 1.82) is 0 Å². The predicted octanol–water partition coefficient (Wildman–Crippen LogP) is 3.72. The minimum absolute atomic E-state index is 0.110. The number of rotatable bonds is 11. The summed E-state index contributed by atoms with van der Waals surface area (Å²) in [5.41, 5.74) is 3.96. The molecule has 10 nitrogen and oxygen atoms in total. The van der Waals surface area contributed by atoms with Crippen molar-refractivity contribution in [3.63, 3.8) is 0 Å². The van der Waals surface area contributed by atoms with Crippen molar-refractivity contribution in [3.05, 3.63) is 76.6 Å². The molecule has 0 saturated heterocycles. The van der Waals surface area contributed by atoms with Gasteiger partial charge in [0, 0.05) is 63.2 Å². The summed E-state index contributed by atoms with van der Waals surface area (Å²) in [6.45, 7) is 5.76. The van der Waals surface area contributed by atoms with E-state index in [-0.39, 0.29) is 23.8 Å². The average Bonchev–Trinajstić information content (AvgIpc) is 3.23. The maximum absolute atomic E-state index is 14.5. The van der Waals surface area contributed by atoms with Crippen LogP contribution in [0.1, 0.15) is 17.5 Å². The molecule has 1 aliphatic heterocycles. The summed E-state index contributed by atoms with van der Waals surface area (Å²) in [7, 11) is 7.55. The number of methoxy groups -OCH3 is 1. The van der Waals surface area contributed by atoms with E-state index in [0.29, 0.717) is 35.7 Å². The van der Waals surface area contributed by atoms with Gasteiger partial charge in [0.15, 0.2) is 5.78 Å². The number of ether oxygens (including phenoxy) is 1. The van der Waals surface area contributed by atoms with Gasteiger partial charge in [-0.15, -0.1) is 0 Å². The van der Waals surface area contributed by atoms with Crippen LogP contribution in [-0.4, -0.2) is 71.1 Å². The highest BCUT2D eigenvalue weighted by Gasteiger charge is 2.23. The van der Waals surface area contributed by atoms with Gasteiger partial charge in [-0.2, -0.15) is 4.98 Å². The number of likely N-dealkylation sites (N-methyl/N-ethyl adjacent to an activating group) is 2. The van der Waals surface area contributed by atoms with Crippen LogP contribution in [0, 0.1) is 5.82 Å². The summed E-state index contributed by atoms with van der Waals surface area (Å²) in [5, 5.41) is 3.20. The quantitative estimate of drug-likeness (QED) is 0.278. The number of hydrogen-bond donors (Lipinski definition) is 1. The van der Waals surface area contributed by atoms with Crippen LogP contribution in [0.25, 0.3) is 16.9 Å². The Morgan fingerprint density at radius 1 is 1.22 bits per heavy atom. The molecule has 0 aliphatic carbocycles. The second-order valence-electron chi connectivity index (χ2n) is 10.4. The largest absolute Gasteiger partial charge is 0.494 e. The lowest BCUT2D eigenvalue weighted by atomic mass is 10.0. The van der Waals surface area contributed by atoms with Crippen LogP contribution < -0.4 is 20.6 Å². The van der Waals surface area contributed by atoms with E-state index in [2.05, 4.69) is 31.7 Å². The zero-order valence-electron chi connectivity index (χ0n) is 23.8. The third kappa shape index (κ3) is 5.58. The minimum atomic E-state index is -0.394. The highest BCUT2D eigenvalue weighted by molar-refractivity contribution is 5.92. The van der Waals surface area contributed by atoms with Crippen molar-refractivity contribution >= 4 is 34.1 Å². The Morgan fingerprint density at radius 3 is 2.76 bits per heavy atom. The molecule has 0 amide bonds. The molecule has 4 aromatic rings. The summed E-state index contributed by atoms with van der Waals surface area (Å²) in [4.78, 5) is 38.9. The van der Waals surface area contributed by atoms with E-state index >= 15 is 0 Å². The van der Waals surface area contributed by atoms with Gasteiger partial charge in [0.1, 0.15) is 17.4 Å². The fourth-order valence-corrected chi connectivity index (χ4v) is 5.25. The molecule has 1 aliphatic rings. The van der Waals surface area contributed by atoms with E-state index in [1.165, 1.54) is 29.0 Å². The second-order valence-corrected chi connectivity index (χ2v) is 10.4. The third-order valence-electron chi connectivity index (χ3n) is 7.30. The number of imidazole rings is 1. The molecule has 0 unspecified atom stereocenters. The molecule has 0 saturated carbocycles. The summed E-state index contributed by atoms with van der Waals surface area (Å²) >= 11 is 0. The minimum Gasteiger partial charge on any atom is -0.494 e. The summed E-state index contributed by atoms with van der Waals surface area (Å²) in [6, 6.07) is 8.21. The van der Waals surface area contributed by atoms with Gasteiger partial charge >= 0.3 is 5.69 Å². The number of ketones is 1. The summed E-state index contributed by atoms with van der Waals surface area (Å²) in [6.07, 6.45) is 4.49. The molecule has 41 heavy (non-hydrogen) atoms. The number of halogens is 1. The van der Waals surface area contributed by atoms with E-state index in [1.807, 2.05) is 33.3 Å². The standard InChI is InChI=1S/C30H34FN7O3/c1-6-22(39)15-20-16-23(26(41-5)18-24(20)36(4)13-12-35(2)3)33-29-32-10-9-27(34-29)38-25-17-21(31)14-19-8-7-11-37(28(19)25)30(38)40/h6,9-10,14,16-18H,1,7-8,11-13,15H2,2-5H3,(H,32,33,34). The number of aryl methyl sites for hydroxylation is 2. The lowest BCUT2D eigenvalue weighted by molar-refractivity contribution is -0.114. The molecule has 0 bridgehead atoms. The topological polar surface area (TPSA) is 97.5 Å². The molecule has 3 heterocycles. The number of carbonyl (C=O) groups excluding carboxylic acids is 1. The normalized spacial score (nSPS) is 12.5. The Bertz CT molecular complexity index is 1690. The van der Waals surface area contributed by atoms with Crippen molar-refractivity contribution in [1.82, 2.24) is 24.0 Å². The maximum atomic E-state index is 14.5.